The average Bonchev–Trinajstić information content (AvgIpc) is 2.53. The van der Waals surface area contributed by atoms with E-state index in [2.05, 4.69) is 10.5 Å². The topological polar surface area (TPSA) is 69.2 Å². The molecule has 0 spiro atoms. The Morgan fingerprint density at radius 1 is 1.35 bits per heavy atom. The number of carbonyl (C=O) groups excluding carboxylic acids is 1. The monoisotopic (exact) mass is 278 g/mol. The summed E-state index contributed by atoms with van der Waals surface area (Å²) in [6.07, 6.45) is 0.388. The number of benzene rings is 1. The molecule has 0 saturated carbocycles. The van der Waals surface area contributed by atoms with Crippen LogP contribution in [-0.2, 0) is 19.1 Å². The summed E-state index contributed by atoms with van der Waals surface area (Å²) in [6.45, 7) is 1.27. The lowest BCUT2D eigenvalue weighted by Gasteiger charge is -2.25. The molecule has 1 aromatic rings. The highest BCUT2D eigenvalue weighted by molar-refractivity contribution is 6.45. The molecule has 0 atom stereocenters. The number of nitrogens with one attached hydrogen (secondary N) is 1. The summed E-state index contributed by atoms with van der Waals surface area (Å²) >= 11 is 0. The molecule has 20 heavy (non-hydrogen) atoms. The fourth-order valence-electron chi connectivity index (χ4n) is 2.01. The first-order valence-electron chi connectivity index (χ1n) is 6.43. The molecule has 1 aromatic carbocycles. The Morgan fingerprint density at radius 2 is 2.05 bits per heavy atom. The van der Waals surface area contributed by atoms with E-state index < -0.39 is 6.29 Å². The van der Waals surface area contributed by atoms with Gasteiger partial charge in [0.1, 0.15) is 7.11 Å². The number of rotatable bonds is 4. The van der Waals surface area contributed by atoms with E-state index in [1.165, 1.54) is 7.11 Å². The third kappa shape index (κ3) is 3.15. The number of amides is 1. The Labute approximate surface area is 117 Å². The van der Waals surface area contributed by atoms with Gasteiger partial charge in [-0.05, 0) is 6.42 Å². The predicted molar refractivity (Wildman–Crippen MR) is 73.3 cm³/mol. The van der Waals surface area contributed by atoms with Crippen LogP contribution in [0.2, 0.25) is 0 Å². The molecule has 108 valence electrons. The van der Waals surface area contributed by atoms with E-state index >= 15 is 0 Å². The molecule has 1 aliphatic heterocycles. The first-order chi connectivity index (χ1) is 9.77. The molecule has 6 nitrogen and oxygen atoms in total. The number of ether oxygens (including phenoxy) is 2. The minimum atomic E-state index is -0.480. The van der Waals surface area contributed by atoms with Crippen molar-refractivity contribution in [1.29, 1.82) is 0 Å². The van der Waals surface area contributed by atoms with Gasteiger partial charge in [-0.2, -0.15) is 0 Å². The van der Waals surface area contributed by atoms with E-state index in [1.54, 1.807) is 13.1 Å². The van der Waals surface area contributed by atoms with Gasteiger partial charge < -0.3 is 19.6 Å². The smallest absolute Gasteiger partial charge is 0.273 e. The van der Waals surface area contributed by atoms with Crippen LogP contribution in [0.3, 0.4) is 0 Å². The summed E-state index contributed by atoms with van der Waals surface area (Å²) in [5, 5.41) is 6.36. The zero-order valence-corrected chi connectivity index (χ0v) is 11.6. The van der Waals surface area contributed by atoms with Gasteiger partial charge in [-0.25, -0.2) is 0 Å². The van der Waals surface area contributed by atoms with Crippen molar-refractivity contribution in [3.8, 4) is 0 Å². The van der Waals surface area contributed by atoms with E-state index in [-0.39, 0.29) is 11.6 Å². The molecule has 1 heterocycles. The molecule has 1 amide bonds. The maximum atomic E-state index is 11.9. The molecule has 1 N–H and O–H groups in total. The molecule has 1 aliphatic rings. The van der Waals surface area contributed by atoms with Crippen molar-refractivity contribution < 1.29 is 19.1 Å². The highest BCUT2D eigenvalue weighted by Crippen LogP contribution is 2.26. The van der Waals surface area contributed by atoms with Gasteiger partial charge in [-0.1, -0.05) is 29.4 Å². The lowest BCUT2D eigenvalue weighted by molar-refractivity contribution is -0.183. The maximum absolute atomic E-state index is 11.9. The van der Waals surface area contributed by atoms with E-state index in [1.807, 2.05) is 18.2 Å². The molecule has 1 saturated heterocycles. The number of nitrogens with zero attached hydrogens (tertiary/aromatic N) is 1. The number of oxime groups is 1. The van der Waals surface area contributed by atoms with Gasteiger partial charge in [0.25, 0.3) is 5.91 Å². The van der Waals surface area contributed by atoms with Crippen LogP contribution in [0.15, 0.2) is 29.4 Å². The van der Waals surface area contributed by atoms with E-state index in [0.29, 0.717) is 18.8 Å². The second kappa shape index (κ2) is 7.02. The molecule has 2 rings (SSSR count). The van der Waals surface area contributed by atoms with Gasteiger partial charge >= 0.3 is 0 Å². The van der Waals surface area contributed by atoms with Crippen LogP contribution in [0.4, 0.5) is 0 Å². The number of hydrogen-bond acceptors (Lipinski definition) is 5. The van der Waals surface area contributed by atoms with E-state index in [9.17, 15) is 4.79 Å². The number of likely N-dealkylation sites (N-methyl/N-ethyl adjacent to an activating group) is 1. The molecule has 0 unspecified atom stereocenters. The Hall–Kier alpha value is -1.92. The van der Waals surface area contributed by atoms with Crippen LogP contribution >= 0.6 is 0 Å². The first-order valence-corrected chi connectivity index (χ1v) is 6.43. The molecule has 0 aromatic heterocycles. The van der Waals surface area contributed by atoms with Crippen LogP contribution in [0.5, 0.6) is 0 Å². The van der Waals surface area contributed by atoms with Crippen LogP contribution in [0.25, 0.3) is 0 Å². The Morgan fingerprint density at radius 3 is 2.70 bits per heavy atom. The Balaban J connectivity index is 2.39. The fraction of sp³-hybridized carbons (Fsp3) is 0.429. The summed E-state index contributed by atoms with van der Waals surface area (Å²) in [6, 6.07) is 7.35. The third-order valence-electron chi connectivity index (χ3n) is 2.92. The Bertz CT molecular complexity index is 496. The second-order valence-electron chi connectivity index (χ2n) is 4.22. The third-order valence-corrected chi connectivity index (χ3v) is 2.92. The summed E-state index contributed by atoms with van der Waals surface area (Å²) in [7, 11) is 2.95. The molecular formula is C14H18N2O4. The van der Waals surface area contributed by atoms with Crippen molar-refractivity contribution in [1.82, 2.24) is 5.32 Å². The largest absolute Gasteiger partial charge is 0.398 e. The highest BCUT2D eigenvalue weighted by Gasteiger charge is 2.24. The number of carbonyl (C=O) groups is 1. The zero-order valence-electron chi connectivity index (χ0n) is 11.6. The van der Waals surface area contributed by atoms with Crippen molar-refractivity contribution in [2.24, 2.45) is 5.16 Å². The summed E-state index contributed by atoms with van der Waals surface area (Å²) in [5.74, 6) is -0.324. The summed E-state index contributed by atoms with van der Waals surface area (Å²) < 4.78 is 11.2. The van der Waals surface area contributed by atoms with E-state index in [0.717, 1.165) is 12.0 Å². The van der Waals surface area contributed by atoms with Crippen LogP contribution in [0, 0.1) is 0 Å². The fourth-order valence-corrected chi connectivity index (χ4v) is 2.01. The predicted octanol–water partition coefficient (Wildman–Crippen LogP) is 1.22. The van der Waals surface area contributed by atoms with Gasteiger partial charge in [0.15, 0.2) is 12.0 Å². The normalized spacial score (nSPS) is 16.8. The van der Waals surface area contributed by atoms with Gasteiger partial charge in [0, 0.05) is 18.2 Å². The quantitative estimate of drug-likeness (QED) is 0.664. The molecular weight excluding hydrogens is 260 g/mol. The standard InChI is InChI=1S/C14H18N2O4/c1-15-13(17)12(16-18-2)10-6-3-4-7-11(10)14-19-8-5-9-20-14/h3-4,6-7,14H,5,8-9H2,1-2H3,(H,15,17)/b16-12-. The lowest BCUT2D eigenvalue weighted by Crippen LogP contribution is -2.30. The maximum Gasteiger partial charge on any atom is 0.273 e. The van der Waals surface area contributed by atoms with Crippen LogP contribution < -0.4 is 5.32 Å². The van der Waals surface area contributed by atoms with Gasteiger partial charge in [-0.15, -0.1) is 0 Å². The van der Waals surface area contributed by atoms with Crippen LogP contribution in [0.1, 0.15) is 23.8 Å². The lowest BCUT2D eigenvalue weighted by atomic mass is 10.0. The van der Waals surface area contributed by atoms with Gasteiger partial charge in [-0.3, -0.25) is 4.79 Å². The number of hydrogen-bond donors (Lipinski definition) is 1. The minimum Gasteiger partial charge on any atom is -0.398 e. The molecule has 6 heteroatoms. The van der Waals surface area contributed by atoms with Crippen molar-refractivity contribution in [2.75, 3.05) is 27.4 Å². The second-order valence-corrected chi connectivity index (χ2v) is 4.22. The SMILES string of the molecule is CNC(=O)/C(=N\OC)c1ccccc1C1OCCCO1. The minimum absolute atomic E-state index is 0.198. The van der Waals surface area contributed by atoms with Crippen molar-refractivity contribution in [2.45, 2.75) is 12.7 Å². The summed E-state index contributed by atoms with van der Waals surface area (Å²) in [4.78, 5) is 16.7. The molecule has 0 radical (unpaired) electrons. The van der Waals surface area contributed by atoms with Crippen molar-refractivity contribution in [3.05, 3.63) is 35.4 Å². The molecule has 1 fully saturated rings. The average molecular weight is 278 g/mol. The molecule has 0 aliphatic carbocycles. The van der Waals surface area contributed by atoms with Crippen molar-refractivity contribution >= 4 is 11.6 Å². The summed E-state index contributed by atoms with van der Waals surface area (Å²) in [5.41, 5.74) is 1.61. The van der Waals surface area contributed by atoms with Crippen molar-refractivity contribution in [3.63, 3.8) is 0 Å². The zero-order chi connectivity index (χ0) is 14.4. The van der Waals surface area contributed by atoms with Gasteiger partial charge in [0.05, 0.1) is 13.2 Å². The highest BCUT2D eigenvalue weighted by atomic mass is 16.7. The van der Waals surface area contributed by atoms with Gasteiger partial charge in [0.2, 0.25) is 0 Å². The Kier molecular flexibility index (Phi) is 5.09. The molecule has 0 bridgehead atoms. The van der Waals surface area contributed by atoms with Crippen LogP contribution in [-0.4, -0.2) is 39.0 Å². The first kappa shape index (κ1) is 14.5. The van der Waals surface area contributed by atoms with E-state index in [4.69, 9.17) is 14.3 Å².